The van der Waals surface area contributed by atoms with E-state index in [0.29, 0.717) is 5.39 Å². The highest BCUT2D eigenvalue weighted by atomic mass is 19.1. The van der Waals surface area contributed by atoms with Gasteiger partial charge in [-0.15, -0.1) is 0 Å². The number of aliphatic carboxylic acids is 1. The summed E-state index contributed by atoms with van der Waals surface area (Å²) < 4.78 is 28.8. The van der Waals surface area contributed by atoms with Crippen LogP contribution in [0.3, 0.4) is 0 Å². The number of para-hydroxylation sites is 1. The van der Waals surface area contributed by atoms with Crippen LogP contribution < -0.4 is 0 Å². The van der Waals surface area contributed by atoms with Crippen LogP contribution in [0.5, 0.6) is 0 Å². The fourth-order valence-electron chi connectivity index (χ4n) is 3.87. The maximum atomic E-state index is 13.6. The minimum atomic E-state index is -1.11. The first kappa shape index (κ1) is 18.1. The molecule has 1 amide bonds. The van der Waals surface area contributed by atoms with Gasteiger partial charge in [0.1, 0.15) is 11.6 Å². The Morgan fingerprint density at radius 2 is 1.79 bits per heavy atom. The third-order valence-electron chi connectivity index (χ3n) is 5.20. The van der Waals surface area contributed by atoms with Gasteiger partial charge in [-0.3, -0.25) is 14.3 Å². The lowest BCUT2D eigenvalue weighted by Gasteiger charge is -2.16. The van der Waals surface area contributed by atoms with Gasteiger partial charge in [0.05, 0.1) is 11.4 Å². The van der Waals surface area contributed by atoms with E-state index < -0.39 is 35.3 Å². The lowest BCUT2D eigenvalue weighted by molar-refractivity contribution is -0.141. The van der Waals surface area contributed by atoms with Crippen LogP contribution in [0.15, 0.2) is 42.5 Å². The minimum Gasteiger partial charge on any atom is -0.481 e. The Morgan fingerprint density at radius 1 is 1.11 bits per heavy atom. The van der Waals surface area contributed by atoms with Crippen molar-refractivity contribution >= 4 is 22.8 Å². The van der Waals surface area contributed by atoms with Gasteiger partial charge < -0.3 is 10.0 Å². The van der Waals surface area contributed by atoms with Gasteiger partial charge in [0.15, 0.2) is 5.69 Å². The number of fused-ring (bicyclic) bond motifs is 1. The summed E-state index contributed by atoms with van der Waals surface area (Å²) in [5, 5.41) is 14.5. The van der Waals surface area contributed by atoms with Crippen LogP contribution in [0.25, 0.3) is 10.9 Å². The van der Waals surface area contributed by atoms with Crippen molar-refractivity contribution in [3.63, 3.8) is 0 Å². The topological polar surface area (TPSA) is 75.4 Å². The van der Waals surface area contributed by atoms with Crippen molar-refractivity contribution in [2.75, 3.05) is 13.1 Å². The number of aryl methyl sites for hydroxylation is 1. The summed E-state index contributed by atoms with van der Waals surface area (Å²) in [4.78, 5) is 26.2. The number of aromatic nitrogens is 2. The van der Waals surface area contributed by atoms with E-state index in [9.17, 15) is 23.5 Å². The molecule has 1 aliphatic rings. The van der Waals surface area contributed by atoms with Crippen LogP contribution in [-0.4, -0.2) is 44.8 Å². The highest BCUT2D eigenvalue weighted by Crippen LogP contribution is 2.35. The second-order valence-electron chi connectivity index (χ2n) is 6.95. The standard InChI is InChI=1S/C20H17F2N3O3/c1-24-17-5-3-2-4-14(17)18(23-24)19(26)25-9-15(16(10-25)20(27)28)11-6-12(21)8-13(22)7-11/h2-8,15-16H,9-10H2,1H3,(H,27,28)/t15-,16+/m1/s1. The summed E-state index contributed by atoms with van der Waals surface area (Å²) in [6, 6.07) is 10.2. The van der Waals surface area contributed by atoms with E-state index in [4.69, 9.17) is 0 Å². The molecule has 1 N–H and O–H groups in total. The quantitative estimate of drug-likeness (QED) is 0.752. The molecule has 1 aromatic heterocycles. The van der Waals surface area contributed by atoms with E-state index in [1.165, 1.54) is 4.90 Å². The number of benzene rings is 2. The Morgan fingerprint density at radius 3 is 2.46 bits per heavy atom. The normalized spacial score (nSPS) is 19.3. The van der Waals surface area contributed by atoms with E-state index in [2.05, 4.69) is 5.10 Å². The van der Waals surface area contributed by atoms with Crippen LogP contribution >= 0.6 is 0 Å². The van der Waals surface area contributed by atoms with Crippen molar-refractivity contribution in [2.45, 2.75) is 5.92 Å². The summed E-state index contributed by atoms with van der Waals surface area (Å²) in [5.41, 5.74) is 1.24. The molecule has 144 valence electrons. The fraction of sp³-hybridized carbons (Fsp3) is 0.250. The third-order valence-corrected chi connectivity index (χ3v) is 5.20. The van der Waals surface area contributed by atoms with Crippen LogP contribution in [0, 0.1) is 17.6 Å². The zero-order valence-corrected chi connectivity index (χ0v) is 15.0. The lowest BCUT2D eigenvalue weighted by atomic mass is 9.89. The number of carbonyl (C=O) groups is 2. The number of hydrogen-bond donors (Lipinski definition) is 1. The maximum Gasteiger partial charge on any atom is 0.308 e. The van der Waals surface area contributed by atoms with Crippen molar-refractivity contribution in [1.29, 1.82) is 0 Å². The van der Waals surface area contributed by atoms with Crippen molar-refractivity contribution in [3.8, 4) is 0 Å². The molecular weight excluding hydrogens is 368 g/mol. The Balaban J connectivity index is 1.69. The van der Waals surface area contributed by atoms with Gasteiger partial charge in [-0.2, -0.15) is 5.10 Å². The summed E-state index contributed by atoms with van der Waals surface area (Å²) in [6.45, 7) is -0.00847. The second-order valence-corrected chi connectivity index (χ2v) is 6.95. The number of hydrogen-bond acceptors (Lipinski definition) is 3. The molecule has 1 aliphatic heterocycles. The molecule has 0 bridgehead atoms. The highest BCUT2D eigenvalue weighted by Gasteiger charge is 2.41. The van der Waals surface area contributed by atoms with Gasteiger partial charge in [-0.1, -0.05) is 18.2 Å². The zero-order chi connectivity index (χ0) is 20.0. The SMILES string of the molecule is Cn1nc(C(=O)N2C[C@H](C(=O)O)[C@@H](c3cc(F)cc(F)c3)C2)c2ccccc21. The highest BCUT2D eigenvalue weighted by molar-refractivity contribution is 6.05. The van der Waals surface area contributed by atoms with Crippen molar-refractivity contribution in [3.05, 3.63) is 65.4 Å². The van der Waals surface area contributed by atoms with Crippen LogP contribution in [0.4, 0.5) is 8.78 Å². The molecule has 4 rings (SSSR count). The molecule has 2 heterocycles. The molecule has 0 unspecified atom stereocenters. The number of likely N-dealkylation sites (tertiary alicyclic amines) is 1. The average Bonchev–Trinajstić information content (AvgIpc) is 3.23. The Labute approximate surface area is 159 Å². The zero-order valence-electron chi connectivity index (χ0n) is 15.0. The number of amides is 1. The summed E-state index contributed by atoms with van der Waals surface area (Å²) in [7, 11) is 1.72. The average molecular weight is 385 g/mol. The van der Waals surface area contributed by atoms with Gasteiger partial charge in [0.2, 0.25) is 0 Å². The molecule has 1 fully saturated rings. The molecule has 2 atom stereocenters. The predicted octanol–water partition coefficient (Wildman–Crippen LogP) is 2.79. The lowest BCUT2D eigenvalue weighted by Crippen LogP contribution is -2.30. The van der Waals surface area contributed by atoms with E-state index in [1.54, 1.807) is 23.9 Å². The third kappa shape index (κ3) is 3.00. The molecule has 0 saturated carbocycles. The van der Waals surface area contributed by atoms with E-state index >= 15 is 0 Å². The van der Waals surface area contributed by atoms with E-state index in [0.717, 1.165) is 23.7 Å². The number of nitrogens with zero attached hydrogens (tertiary/aromatic N) is 3. The Hall–Kier alpha value is -3.29. The van der Waals surface area contributed by atoms with E-state index in [-0.39, 0.29) is 24.3 Å². The Bertz CT molecular complexity index is 1080. The first-order chi connectivity index (χ1) is 13.3. The van der Waals surface area contributed by atoms with Gasteiger partial charge >= 0.3 is 5.97 Å². The molecule has 28 heavy (non-hydrogen) atoms. The summed E-state index contributed by atoms with van der Waals surface area (Å²) in [5.74, 6) is -4.74. The Kier molecular flexibility index (Phi) is 4.33. The maximum absolute atomic E-state index is 13.6. The van der Waals surface area contributed by atoms with Crippen molar-refractivity contribution < 1.29 is 23.5 Å². The summed E-state index contributed by atoms with van der Waals surface area (Å²) >= 11 is 0. The number of halogens is 2. The number of carboxylic acids is 1. The first-order valence-corrected chi connectivity index (χ1v) is 8.75. The van der Waals surface area contributed by atoms with Gasteiger partial charge in [-0.05, 0) is 23.8 Å². The van der Waals surface area contributed by atoms with Crippen LogP contribution in [0.2, 0.25) is 0 Å². The predicted molar refractivity (Wildman–Crippen MR) is 96.8 cm³/mol. The number of carbonyl (C=O) groups excluding carboxylic acids is 1. The second kappa shape index (κ2) is 6.70. The number of carboxylic acid groups (broad SMARTS) is 1. The van der Waals surface area contributed by atoms with E-state index in [1.807, 2.05) is 12.1 Å². The molecule has 0 spiro atoms. The largest absolute Gasteiger partial charge is 0.481 e. The molecule has 0 radical (unpaired) electrons. The molecule has 8 heteroatoms. The van der Waals surface area contributed by atoms with Gasteiger partial charge in [0.25, 0.3) is 5.91 Å². The fourth-order valence-corrected chi connectivity index (χ4v) is 3.87. The minimum absolute atomic E-state index is 0.0452. The van der Waals surface area contributed by atoms with Crippen LogP contribution in [0.1, 0.15) is 22.0 Å². The number of rotatable bonds is 3. The monoisotopic (exact) mass is 385 g/mol. The van der Waals surface area contributed by atoms with Crippen LogP contribution in [-0.2, 0) is 11.8 Å². The molecule has 1 saturated heterocycles. The van der Waals surface area contributed by atoms with Crippen molar-refractivity contribution in [1.82, 2.24) is 14.7 Å². The first-order valence-electron chi connectivity index (χ1n) is 8.75. The molecular formula is C20H17F2N3O3. The molecule has 0 aliphatic carbocycles. The molecule has 6 nitrogen and oxygen atoms in total. The molecule has 2 aromatic carbocycles. The van der Waals surface area contributed by atoms with Crippen molar-refractivity contribution in [2.24, 2.45) is 13.0 Å². The summed E-state index contributed by atoms with van der Waals surface area (Å²) in [6.07, 6.45) is 0. The molecule has 3 aromatic rings. The smallest absolute Gasteiger partial charge is 0.308 e. The van der Waals surface area contributed by atoms with Gasteiger partial charge in [-0.25, -0.2) is 8.78 Å². The van der Waals surface area contributed by atoms with Gasteiger partial charge in [0, 0.05) is 37.5 Å².